The summed E-state index contributed by atoms with van der Waals surface area (Å²) in [5.74, 6) is 0.971. The van der Waals surface area contributed by atoms with E-state index >= 15 is 0 Å². The highest BCUT2D eigenvalue weighted by Gasteiger charge is 2.17. The van der Waals surface area contributed by atoms with Crippen LogP contribution >= 0.6 is 0 Å². The Hall–Kier alpha value is -0.800. The predicted molar refractivity (Wildman–Crippen MR) is 58.6 cm³/mol. The number of ether oxygens (including phenoxy) is 1. The molecule has 1 saturated heterocycles. The van der Waals surface area contributed by atoms with Gasteiger partial charge in [-0.1, -0.05) is 0 Å². The molecule has 0 bridgehead atoms. The lowest BCUT2D eigenvalue weighted by atomic mass is 10.00. The molecule has 0 saturated carbocycles. The van der Waals surface area contributed by atoms with Crippen molar-refractivity contribution in [3.8, 4) is 0 Å². The molecule has 3 nitrogen and oxygen atoms in total. The quantitative estimate of drug-likeness (QED) is 0.826. The average molecular weight is 209 g/mol. The van der Waals surface area contributed by atoms with Crippen molar-refractivity contribution in [3.63, 3.8) is 0 Å². The van der Waals surface area contributed by atoms with Crippen LogP contribution in [0, 0.1) is 0 Å². The van der Waals surface area contributed by atoms with E-state index in [-0.39, 0.29) is 6.04 Å². The molecule has 0 aromatic carbocycles. The van der Waals surface area contributed by atoms with Gasteiger partial charge in [0.15, 0.2) is 0 Å². The lowest BCUT2D eigenvalue weighted by molar-refractivity contribution is 0.00725. The summed E-state index contributed by atoms with van der Waals surface area (Å²) in [5.41, 5.74) is 6.06. The summed E-state index contributed by atoms with van der Waals surface area (Å²) in [4.78, 5) is 0. The number of hydrogen-bond acceptors (Lipinski definition) is 3. The van der Waals surface area contributed by atoms with Gasteiger partial charge in [0, 0.05) is 19.1 Å². The van der Waals surface area contributed by atoms with Gasteiger partial charge in [0.2, 0.25) is 0 Å². The predicted octanol–water partition coefficient (Wildman–Crippen LogP) is 2.11. The van der Waals surface area contributed by atoms with Crippen molar-refractivity contribution in [3.05, 3.63) is 24.2 Å². The normalized spacial score (nSPS) is 23.9. The van der Waals surface area contributed by atoms with Crippen LogP contribution in [0.2, 0.25) is 0 Å². The maximum absolute atomic E-state index is 6.06. The molecule has 0 amide bonds. The summed E-state index contributed by atoms with van der Waals surface area (Å²) in [5, 5.41) is 0. The van der Waals surface area contributed by atoms with E-state index < -0.39 is 0 Å². The molecule has 3 heteroatoms. The summed E-state index contributed by atoms with van der Waals surface area (Å²) in [6, 6.07) is 4.03. The van der Waals surface area contributed by atoms with Crippen LogP contribution in [0.4, 0.5) is 0 Å². The van der Waals surface area contributed by atoms with Crippen molar-refractivity contribution in [1.29, 1.82) is 0 Å². The van der Waals surface area contributed by atoms with Gasteiger partial charge < -0.3 is 14.9 Å². The average Bonchev–Trinajstić information content (AvgIpc) is 2.71. The van der Waals surface area contributed by atoms with Crippen molar-refractivity contribution in [2.75, 3.05) is 6.61 Å². The fourth-order valence-corrected chi connectivity index (χ4v) is 2.10. The van der Waals surface area contributed by atoms with Gasteiger partial charge in [0.1, 0.15) is 5.76 Å². The summed E-state index contributed by atoms with van der Waals surface area (Å²) in [7, 11) is 0. The fraction of sp³-hybridized carbons (Fsp3) is 0.667. The second-order valence-electron chi connectivity index (χ2n) is 4.27. The van der Waals surface area contributed by atoms with Crippen LogP contribution in [0.5, 0.6) is 0 Å². The number of hydrogen-bond donors (Lipinski definition) is 1. The van der Waals surface area contributed by atoms with Gasteiger partial charge in [-0.2, -0.15) is 0 Å². The second-order valence-corrected chi connectivity index (χ2v) is 4.27. The Bertz CT molecular complexity index is 265. The van der Waals surface area contributed by atoms with E-state index in [2.05, 4.69) is 0 Å². The van der Waals surface area contributed by atoms with Crippen LogP contribution < -0.4 is 5.73 Å². The Kier molecular flexibility index (Phi) is 3.80. The van der Waals surface area contributed by atoms with E-state index in [4.69, 9.17) is 14.9 Å². The largest absolute Gasteiger partial charge is 0.469 e. The number of nitrogens with two attached hydrogens (primary N) is 1. The van der Waals surface area contributed by atoms with Crippen molar-refractivity contribution < 1.29 is 9.15 Å². The SMILES string of the molecule is NC(Cc1ccco1)CC1CCCCO1. The van der Waals surface area contributed by atoms with Crippen molar-refractivity contribution >= 4 is 0 Å². The smallest absolute Gasteiger partial charge is 0.105 e. The van der Waals surface area contributed by atoms with Crippen LogP contribution in [-0.4, -0.2) is 18.8 Å². The molecule has 0 spiro atoms. The minimum Gasteiger partial charge on any atom is -0.469 e. The maximum atomic E-state index is 6.06. The standard InChI is InChI=1S/C12H19NO2/c13-10(9-12-5-3-7-15-12)8-11-4-1-2-6-14-11/h3,5,7,10-11H,1-2,4,6,8-9,13H2. The molecule has 2 rings (SSSR count). The Balaban J connectivity index is 1.74. The maximum Gasteiger partial charge on any atom is 0.105 e. The summed E-state index contributed by atoms with van der Waals surface area (Å²) >= 11 is 0. The molecular weight excluding hydrogens is 190 g/mol. The first kappa shape index (κ1) is 10.7. The second kappa shape index (κ2) is 5.33. The van der Waals surface area contributed by atoms with Gasteiger partial charge in [0.05, 0.1) is 12.4 Å². The first-order valence-electron chi connectivity index (χ1n) is 5.74. The first-order chi connectivity index (χ1) is 7.34. The van der Waals surface area contributed by atoms with E-state index in [0.717, 1.165) is 31.6 Å². The molecule has 1 aliphatic heterocycles. The number of rotatable bonds is 4. The van der Waals surface area contributed by atoms with E-state index in [1.165, 1.54) is 12.8 Å². The van der Waals surface area contributed by atoms with Crippen LogP contribution in [0.1, 0.15) is 31.4 Å². The molecule has 1 aromatic rings. The molecule has 1 aromatic heterocycles. The van der Waals surface area contributed by atoms with E-state index in [1.54, 1.807) is 6.26 Å². The molecule has 15 heavy (non-hydrogen) atoms. The monoisotopic (exact) mass is 209 g/mol. The molecule has 1 fully saturated rings. The molecule has 2 N–H and O–H groups in total. The fourth-order valence-electron chi connectivity index (χ4n) is 2.10. The molecule has 2 heterocycles. The Morgan fingerprint density at radius 2 is 2.40 bits per heavy atom. The van der Waals surface area contributed by atoms with E-state index in [1.807, 2.05) is 12.1 Å². The third-order valence-electron chi connectivity index (χ3n) is 2.88. The Morgan fingerprint density at radius 3 is 3.07 bits per heavy atom. The van der Waals surface area contributed by atoms with Crippen LogP contribution in [0.3, 0.4) is 0 Å². The molecule has 2 unspecified atom stereocenters. The Morgan fingerprint density at radius 1 is 1.47 bits per heavy atom. The van der Waals surface area contributed by atoms with Gasteiger partial charge in [-0.05, 0) is 37.8 Å². The minimum absolute atomic E-state index is 0.152. The molecule has 2 atom stereocenters. The van der Waals surface area contributed by atoms with Crippen LogP contribution in [0.15, 0.2) is 22.8 Å². The molecule has 1 aliphatic rings. The highest BCUT2D eigenvalue weighted by Crippen LogP contribution is 2.17. The van der Waals surface area contributed by atoms with E-state index in [0.29, 0.717) is 6.10 Å². The topological polar surface area (TPSA) is 48.4 Å². The third kappa shape index (κ3) is 3.36. The number of furan rings is 1. The zero-order valence-corrected chi connectivity index (χ0v) is 9.02. The van der Waals surface area contributed by atoms with Crippen molar-refractivity contribution in [2.24, 2.45) is 5.73 Å². The van der Waals surface area contributed by atoms with Crippen molar-refractivity contribution in [2.45, 2.75) is 44.2 Å². The molecule has 0 radical (unpaired) electrons. The molecular formula is C12H19NO2. The Labute approximate surface area is 90.6 Å². The van der Waals surface area contributed by atoms with Gasteiger partial charge in [-0.15, -0.1) is 0 Å². The van der Waals surface area contributed by atoms with Gasteiger partial charge in [-0.25, -0.2) is 0 Å². The minimum atomic E-state index is 0.152. The zero-order chi connectivity index (χ0) is 10.5. The summed E-state index contributed by atoms with van der Waals surface area (Å²) in [6.45, 7) is 0.901. The van der Waals surface area contributed by atoms with Gasteiger partial charge in [-0.3, -0.25) is 0 Å². The molecule has 84 valence electrons. The summed E-state index contributed by atoms with van der Waals surface area (Å²) < 4.78 is 10.9. The van der Waals surface area contributed by atoms with Crippen LogP contribution in [-0.2, 0) is 11.2 Å². The lowest BCUT2D eigenvalue weighted by Gasteiger charge is -2.24. The van der Waals surface area contributed by atoms with Gasteiger partial charge >= 0.3 is 0 Å². The lowest BCUT2D eigenvalue weighted by Crippen LogP contribution is -2.31. The van der Waals surface area contributed by atoms with Gasteiger partial charge in [0.25, 0.3) is 0 Å². The third-order valence-corrected chi connectivity index (χ3v) is 2.88. The van der Waals surface area contributed by atoms with Crippen molar-refractivity contribution in [1.82, 2.24) is 0 Å². The summed E-state index contributed by atoms with van der Waals surface area (Å²) in [6.07, 6.45) is 7.45. The van der Waals surface area contributed by atoms with E-state index in [9.17, 15) is 0 Å². The first-order valence-corrected chi connectivity index (χ1v) is 5.74. The highest BCUT2D eigenvalue weighted by molar-refractivity contribution is 5.00. The highest BCUT2D eigenvalue weighted by atomic mass is 16.5. The van der Waals surface area contributed by atoms with Crippen LogP contribution in [0.25, 0.3) is 0 Å². The molecule has 0 aliphatic carbocycles. The zero-order valence-electron chi connectivity index (χ0n) is 9.02.